The molecule has 1 N–H and O–H groups in total. The second-order valence-electron chi connectivity index (χ2n) is 9.52. The van der Waals surface area contributed by atoms with Gasteiger partial charge in [0.1, 0.15) is 24.9 Å². The molecule has 0 bridgehead atoms. The van der Waals surface area contributed by atoms with Gasteiger partial charge in [-0.05, 0) is 60.4 Å². The van der Waals surface area contributed by atoms with Gasteiger partial charge in [-0.15, -0.1) is 0 Å². The van der Waals surface area contributed by atoms with Gasteiger partial charge in [0, 0.05) is 13.1 Å². The average Bonchev–Trinajstić information content (AvgIpc) is 2.95. The monoisotopic (exact) mass is 619 g/mol. The minimum atomic E-state index is -3.86. The number of carbonyl (C=O) groups excluding carboxylic acids is 2. The normalized spacial score (nSPS) is 11.9. The van der Waals surface area contributed by atoms with Crippen LogP contribution in [0.1, 0.15) is 37.8 Å². The summed E-state index contributed by atoms with van der Waals surface area (Å²) in [5.74, 6) is -0.296. The van der Waals surface area contributed by atoms with Crippen molar-refractivity contribution in [3.05, 3.63) is 94.0 Å². The van der Waals surface area contributed by atoms with Crippen molar-refractivity contribution in [3.63, 3.8) is 0 Å². The van der Waals surface area contributed by atoms with Gasteiger partial charge >= 0.3 is 0 Å². The molecular weight excluding hydrogens is 585 g/mol. The second kappa shape index (κ2) is 15.1. The first-order valence-electron chi connectivity index (χ1n) is 13.3. The lowest BCUT2D eigenvalue weighted by atomic mass is 10.1. The van der Waals surface area contributed by atoms with Crippen LogP contribution >= 0.6 is 23.2 Å². The highest BCUT2D eigenvalue weighted by Crippen LogP contribution is 2.26. The van der Waals surface area contributed by atoms with E-state index in [1.165, 1.54) is 4.90 Å². The number of nitrogens with zero attached hydrogens (tertiary/aromatic N) is 2. The molecule has 220 valence electrons. The predicted molar refractivity (Wildman–Crippen MR) is 164 cm³/mol. The molecular formula is C30H35Cl2N3O5S. The third-order valence-electron chi connectivity index (χ3n) is 6.32. The summed E-state index contributed by atoms with van der Waals surface area (Å²) in [7, 11) is -3.86. The number of anilines is 1. The van der Waals surface area contributed by atoms with Gasteiger partial charge in [-0.2, -0.15) is 0 Å². The molecule has 11 heteroatoms. The van der Waals surface area contributed by atoms with Crippen molar-refractivity contribution in [3.8, 4) is 5.75 Å². The van der Waals surface area contributed by atoms with Crippen LogP contribution in [-0.4, -0.2) is 50.5 Å². The molecule has 2 amide bonds. The van der Waals surface area contributed by atoms with Gasteiger partial charge in [-0.3, -0.25) is 13.9 Å². The fraction of sp³-hybridized carbons (Fsp3) is 0.333. The molecule has 0 fully saturated rings. The molecule has 8 nitrogen and oxygen atoms in total. The number of carbonyl (C=O) groups is 2. The number of benzene rings is 3. The predicted octanol–water partition coefficient (Wildman–Crippen LogP) is 5.67. The SMILES string of the molecule is CCCNC(=O)[C@@H](CC)N(Cc1ccc(Cl)c(Cl)c1)C(=O)CN(c1ccc(OCc2ccccc2)cc1)S(C)(=O)=O. The van der Waals surface area contributed by atoms with Crippen molar-refractivity contribution in [1.29, 1.82) is 0 Å². The van der Waals surface area contributed by atoms with Crippen molar-refractivity contribution < 1.29 is 22.7 Å². The van der Waals surface area contributed by atoms with E-state index >= 15 is 0 Å². The summed E-state index contributed by atoms with van der Waals surface area (Å²) in [6.07, 6.45) is 2.10. The molecule has 0 aliphatic rings. The zero-order valence-corrected chi connectivity index (χ0v) is 25.7. The number of hydrogen-bond acceptors (Lipinski definition) is 5. The molecule has 0 unspecified atom stereocenters. The van der Waals surface area contributed by atoms with Gasteiger partial charge < -0.3 is 15.0 Å². The van der Waals surface area contributed by atoms with Crippen LogP contribution in [0.5, 0.6) is 5.75 Å². The lowest BCUT2D eigenvalue weighted by Crippen LogP contribution is -2.52. The van der Waals surface area contributed by atoms with E-state index in [4.69, 9.17) is 27.9 Å². The summed E-state index contributed by atoms with van der Waals surface area (Å²) < 4.78 is 32.5. The Morgan fingerprint density at radius 1 is 0.927 bits per heavy atom. The molecule has 0 aromatic heterocycles. The Labute approximate surface area is 252 Å². The van der Waals surface area contributed by atoms with E-state index in [0.29, 0.717) is 46.6 Å². The zero-order valence-electron chi connectivity index (χ0n) is 23.3. The maximum atomic E-state index is 13.8. The summed E-state index contributed by atoms with van der Waals surface area (Å²) in [5, 5.41) is 3.52. The Morgan fingerprint density at radius 3 is 2.20 bits per heavy atom. The molecule has 0 saturated carbocycles. The highest BCUT2D eigenvalue weighted by molar-refractivity contribution is 7.92. The third kappa shape index (κ3) is 9.38. The molecule has 1 atom stereocenters. The van der Waals surface area contributed by atoms with Crippen molar-refractivity contribution >= 4 is 50.7 Å². The Kier molecular flexibility index (Phi) is 11.9. The zero-order chi connectivity index (χ0) is 30.0. The van der Waals surface area contributed by atoms with Crippen LogP contribution < -0.4 is 14.4 Å². The van der Waals surface area contributed by atoms with E-state index < -0.39 is 28.5 Å². The number of sulfonamides is 1. The molecule has 0 aliphatic carbocycles. The number of rotatable bonds is 14. The van der Waals surface area contributed by atoms with Gasteiger partial charge in [0.15, 0.2) is 0 Å². The molecule has 3 aromatic rings. The van der Waals surface area contributed by atoms with Crippen molar-refractivity contribution in [2.24, 2.45) is 0 Å². The molecule has 0 spiro atoms. The van der Waals surface area contributed by atoms with Crippen LogP contribution in [0.15, 0.2) is 72.8 Å². The lowest BCUT2D eigenvalue weighted by molar-refractivity contribution is -0.140. The number of nitrogens with one attached hydrogen (secondary N) is 1. The molecule has 0 heterocycles. The summed E-state index contributed by atoms with van der Waals surface area (Å²) in [4.78, 5) is 28.2. The fourth-order valence-corrected chi connectivity index (χ4v) is 5.35. The van der Waals surface area contributed by atoms with Gasteiger partial charge in [0.25, 0.3) is 0 Å². The Morgan fingerprint density at radius 2 is 1.61 bits per heavy atom. The molecule has 0 aliphatic heterocycles. The highest BCUT2D eigenvalue weighted by atomic mass is 35.5. The molecule has 3 rings (SSSR count). The lowest BCUT2D eigenvalue weighted by Gasteiger charge is -2.33. The van der Waals surface area contributed by atoms with Crippen molar-refractivity contribution in [2.45, 2.75) is 45.9 Å². The van der Waals surface area contributed by atoms with Crippen LogP contribution in [0.25, 0.3) is 0 Å². The van der Waals surface area contributed by atoms with E-state index in [0.717, 1.165) is 22.5 Å². The summed E-state index contributed by atoms with van der Waals surface area (Å²) in [6.45, 7) is 4.09. The van der Waals surface area contributed by atoms with Crippen molar-refractivity contribution in [2.75, 3.05) is 23.7 Å². The number of ether oxygens (including phenoxy) is 1. The van der Waals surface area contributed by atoms with Gasteiger partial charge in [0.05, 0.1) is 22.0 Å². The van der Waals surface area contributed by atoms with E-state index in [2.05, 4.69) is 5.32 Å². The molecule has 41 heavy (non-hydrogen) atoms. The summed E-state index contributed by atoms with van der Waals surface area (Å²) >= 11 is 12.3. The van der Waals surface area contributed by atoms with Crippen LogP contribution in [0.4, 0.5) is 5.69 Å². The maximum Gasteiger partial charge on any atom is 0.244 e. The van der Waals surface area contributed by atoms with Crippen LogP contribution in [0.2, 0.25) is 10.0 Å². The molecule has 3 aromatic carbocycles. The highest BCUT2D eigenvalue weighted by Gasteiger charge is 2.31. The Balaban J connectivity index is 1.86. The minimum Gasteiger partial charge on any atom is -0.489 e. The molecule has 0 radical (unpaired) electrons. The smallest absolute Gasteiger partial charge is 0.244 e. The van der Waals surface area contributed by atoms with E-state index in [1.54, 1.807) is 49.4 Å². The fourth-order valence-electron chi connectivity index (χ4n) is 4.18. The van der Waals surface area contributed by atoms with Crippen LogP contribution in [-0.2, 0) is 32.8 Å². The third-order valence-corrected chi connectivity index (χ3v) is 8.20. The maximum absolute atomic E-state index is 13.8. The Hall–Kier alpha value is -3.27. The average molecular weight is 621 g/mol. The first kappa shape index (κ1) is 32.2. The first-order chi connectivity index (χ1) is 19.5. The first-order valence-corrected chi connectivity index (χ1v) is 15.9. The Bertz CT molecular complexity index is 1420. The number of halogens is 2. The summed E-state index contributed by atoms with van der Waals surface area (Å²) in [5.41, 5.74) is 1.95. The quantitative estimate of drug-likeness (QED) is 0.251. The van der Waals surface area contributed by atoms with Gasteiger partial charge in [-0.25, -0.2) is 8.42 Å². The second-order valence-corrected chi connectivity index (χ2v) is 12.2. The van der Waals surface area contributed by atoms with E-state index in [-0.39, 0.29) is 12.5 Å². The van der Waals surface area contributed by atoms with E-state index in [1.807, 2.05) is 37.3 Å². The van der Waals surface area contributed by atoms with Crippen molar-refractivity contribution in [1.82, 2.24) is 10.2 Å². The number of hydrogen-bond donors (Lipinski definition) is 1. The van der Waals surface area contributed by atoms with Gasteiger partial charge in [-0.1, -0.05) is 73.4 Å². The van der Waals surface area contributed by atoms with E-state index in [9.17, 15) is 18.0 Å². The largest absolute Gasteiger partial charge is 0.489 e. The number of amides is 2. The molecule has 0 saturated heterocycles. The minimum absolute atomic E-state index is 0.0393. The topological polar surface area (TPSA) is 96.0 Å². The van der Waals surface area contributed by atoms with Crippen LogP contribution in [0, 0.1) is 0 Å². The van der Waals surface area contributed by atoms with Gasteiger partial charge in [0.2, 0.25) is 21.8 Å². The summed E-state index contributed by atoms with van der Waals surface area (Å²) in [6, 6.07) is 20.3. The standard InChI is InChI=1S/C30H35Cl2N3O5S/c1-4-17-33-30(37)28(5-2)34(19-23-11-16-26(31)27(32)18-23)29(36)20-35(41(3,38)39)24-12-14-25(15-13-24)40-21-22-9-7-6-8-10-22/h6-16,18,28H,4-5,17,19-21H2,1-3H3,(H,33,37)/t28-/m1/s1. The van der Waals surface area contributed by atoms with Crippen LogP contribution in [0.3, 0.4) is 0 Å².